The lowest BCUT2D eigenvalue weighted by molar-refractivity contribution is -0.135. The van der Waals surface area contributed by atoms with Crippen LogP contribution in [0.4, 0.5) is 0 Å². The van der Waals surface area contributed by atoms with Crippen molar-refractivity contribution in [3.8, 4) is 0 Å². The fraction of sp³-hybridized carbons (Fsp3) is 0.667. The molecule has 1 aromatic heterocycles. The molecular formula is C15H22N4O2. The molecule has 2 aliphatic heterocycles. The van der Waals surface area contributed by atoms with Crippen LogP contribution in [-0.2, 0) is 17.8 Å². The zero-order valence-corrected chi connectivity index (χ0v) is 12.7. The molecule has 0 radical (unpaired) electrons. The van der Waals surface area contributed by atoms with Gasteiger partial charge in [-0.2, -0.15) is 0 Å². The third-order valence-corrected chi connectivity index (χ3v) is 4.47. The van der Waals surface area contributed by atoms with Crippen molar-refractivity contribution < 1.29 is 9.59 Å². The molecule has 1 fully saturated rings. The van der Waals surface area contributed by atoms with E-state index in [9.17, 15) is 9.59 Å². The SMILES string of the molecule is CN(C)C(=O)c1ncn2c1CCC(C(=O)N1CCCC1)C2. The molecular weight excluding hydrogens is 268 g/mol. The van der Waals surface area contributed by atoms with Crippen LogP contribution in [0.5, 0.6) is 0 Å². The summed E-state index contributed by atoms with van der Waals surface area (Å²) in [5.74, 6) is 0.243. The Morgan fingerprint density at radius 2 is 2.00 bits per heavy atom. The Hall–Kier alpha value is -1.85. The molecule has 0 spiro atoms. The van der Waals surface area contributed by atoms with E-state index >= 15 is 0 Å². The van der Waals surface area contributed by atoms with Crippen molar-refractivity contribution in [2.45, 2.75) is 32.2 Å². The number of rotatable bonds is 2. The maximum Gasteiger partial charge on any atom is 0.273 e. The topological polar surface area (TPSA) is 58.4 Å². The maximum atomic E-state index is 12.5. The average Bonchev–Trinajstić information content (AvgIpc) is 3.14. The van der Waals surface area contributed by atoms with E-state index in [0.29, 0.717) is 12.2 Å². The van der Waals surface area contributed by atoms with E-state index in [1.54, 1.807) is 25.3 Å². The number of nitrogens with zero attached hydrogens (tertiary/aromatic N) is 4. The number of amides is 2. The quantitative estimate of drug-likeness (QED) is 0.808. The standard InChI is InChI=1S/C15H22N4O2/c1-17(2)15(21)13-12-6-5-11(9-19(12)10-16-13)14(20)18-7-3-4-8-18/h10-11H,3-9H2,1-2H3. The lowest BCUT2D eigenvalue weighted by atomic mass is 9.95. The Balaban J connectivity index is 1.74. The number of carbonyl (C=O) groups is 2. The Bertz CT molecular complexity index is 558. The number of carbonyl (C=O) groups excluding carboxylic acids is 2. The summed E-state index contributed by atoms with van der Waals surface area (Å²) in [6.45, 7) is 2.45. The molecule has 0 aliphatic carbocycles. The van der Waals surface area contributed by atoms with Crippen molar-refractivity contribution in [1.29, 1.82) is 0 Å². The first-order chi connectivity index (χ1) is 10.1. The van der Waals surface area contributed by atoms with Gasteiger partial charge in [0.25, 0.3) is 5.91 Å². The van der Waals surface area contributed by atoms with Crippen molar-refractivity contribution in [3.63, 3.8) is 0 Å². The minimum absolute atomic E-state index is 0.0344. The van der Waals surface area contributed by atoms with Gasteiger partial charge >= 0.3 is 0 Å². The largest absolute Gasteiger partial charge is 0.343 e. The summed E-state index contributed by atoms with van der Waals surface area (Å²) in [5, 5.41) is 0. The Morgan fingerprint density at radius 1 is 1.29 bits per heavy atom. The highest BCUT2D eigenvalue weighted by Gasteiger charge is 2.32. The summed E-state index contributed by atoms with van der Waals surface area (Å²) in [6, 6.07) is 0. The van der Waals surface area contributed by atoms with Gasteiger partial charge < -0.3 is 14.4 Å². The Labute approximate surface area is 124 Å². The first kappa shape index (κ1) is 14.1. The number of aromatic nitrogens is 2. The van der Waals surface area contributed by atoms with Gasteiger partial charge in [-0.05, 0) is 25.7 Å². The van der Waals surface area contributed by atoms with Gasteiger partial charge in [0.1, 0.15) is 5.69 Å². The summed E-state index contributed by atoms with van der Waals surface area (Å²) in [7, 11) is 3.47. The molecule has 0 saturated carbocycles. The summed E-state index contributed by atoms with van der Waals surface area (Å²) in [4.78, 5) is 32.3. The molecule has 1 atom stereocenters. The minimum Gasteiger partial charge on any atom is -0.343 e. The van der Waals surface area contributed by atoms with E-state index in [0.717, 1.165) is 44.5 Å². The van der Waals surface area contributed by atoms with E-state index in [4.69, 9.17) is 0 Å². The minimum atomic E-state index is -0.0620. The molecule has 0 N–H and O–H groups in total. The first-order valence-corrected chi connectivity index (χ1v) is 7.62. The van der Waals surface area contributed by atoms with Crippen LogP contribution in [0, 0.1) is 5.92 Å². The highest BCUT2D eigenvalue weighted by Crippen LogP contribution is 2.25. The average molecular weight is 290 g/mol. The predicted octanol–water partition coefficient (Wildman–Crippen LogP) is 0.770. The van der Waals surface area contributed by atoms with Gasteiger partial charge in [-0.3, -0.25) is 9.59 Å². The number of fused-ring (bicyclic) bond motifs is 1. The van der Waals surface area contributed by atoms with Crippen LogP contribution < -0.4 is 0 Å². The van der Waals surface area contributed by atoms with E-state index < -0.39 is 0 Å². The normalized spacial score (nSPS) is 21.2. The molecule has 3 heterocycles. The number of imidazole rings is 1. The molecule has 6 nitrogen and oxygen atoms in total. The van der Waals surface area contributed by atoms with Crippen LogP contribution in [0.15, 0.2) is 6.33 Å². The van der Waals surface area contributed by atoms with Crippen molar-refractivity contribution in [2.75, 3.05) is 27.2 Å². The van der Waals surface area contributed by atoms with Crippen LogP contribution in [-0.4, -0.2) is 58.4 Å². The van der Waals surface area contributed by atoms with E-state index in [2.05, 4.69) is 4.98 Å². The molecule has 1 saturated heterocycles. The van der Waals surface area contributed by atoms with Gasteiger partial charge in [0, 0.05) is 33.7 Å². The molecule has 21 heavy (non-hydrogen) atoms. The van der Waals surface area contributed by atoms with Crippen LogP contribution in [0.3, 0.4) is 0 Å². The fourth-order valence-corrected chi connectivity index (χ4v) is 3.25. The molecule has 6 heteroatoms. The lowest BCUT2D eigenvalue weighted by Gasteiger charge is -2.27. The second kappa shape index (κ2) is 5.50. The van der Waals surface area contributed by atoms with Crippen LogP contribution in [0.2, 0.25) is 0 Å². The summed E-state index contributed by atoms with van der Waals surface area (Å²) >= 11 is 0. The molecule has 0 bridgehead atoms. The van der Waals surface area contributed by atoms with Crippen LogP contribution >= 0.6 is 0 Å². The van der Waals surface area contributed by atoms with E-state index in [-0.39, 0.29) is 17.7 Å². The highest BCUT2D eigenvalue weighted by atomic mass is 16.2. The van der Waals surface area contributed by atoms with Crippen molar-refractivity contribution in [3.05, 3.63) is 17.7 Å². The predicted molar refractivity (Wildman–Crippen MR) is 77.9 cm³/mol. The number of hydrogen-bond donors (Lipinski definition) is 0. The molecule has 1 unspecified atom stereocenters. The molecule has 2 aliphatic rings. The smallest absolute Gasteiger partial charge is 0.273 e. The second-order valence-corrected chi connectivity index (χ2v) is 6.16. The van der Waals surface area contributed by atoms with E-state index in [1.807, 2.05) is 9.47 Å². The van der Waals surface area contributed by atoms with Gasteiger partial charge in [-0.1, -0.05) is 0 Å². The maximum absolute atomic E-state index is 12.5. The van der Waals surface area contributed by atoms with Crippen molar-refractivity contribution in [2.24, 2.45) is 5.92 Å². The summed E-state index contributed by atoms with van der Waals surface area (Å²) < 4.78 is 1.98. The van der Waals surface area contributed by atoms with Gasteiger partial charge in [0.2, 0.25) is 5.91 Å². The van der Waals surface area contributed by atoms with Gasteiger partial charge in [0.15, 0.2) is 0 Å². The zero-order chi connectivity index (χ0) is 15.0. The fourth-order valence-electron chi connectivity index (χ4n) is 3.25. The van der Waals surface area contributed by atoms with Crippen molar-refractivity contribution in [1.82, 2.24) is 19.4 Å². The van der Waals surface area contributed by atoms with E-state index in [1.165, 1.54) is 0 Å². The van der Waals surface area contributed by atoms with Crippen LogP contribution in [0.25, 0.3) is 0 Å². The third-order valence-electron chi connectivity index (χ3n) is 4.47. The molecule has 3 rings (SSSR count). The van der Waals surface area contributed by atoms with Gasteiger partial charge in [-0.15, -0.1) is 0 Å². The van der Waals surface area contributed by atoms with Gasteiger partial charge in [-0.25, -0.2) is 4.98 Å². The highest BCUT2D eigenvalue weighted by molar-refractivity contribution is 5.93. The summed E-state index contributed by atoms with van der Waals surface area (Å²) in [6.07, 6.45) is 5.51. The number of likely N-dealkylation sites (tertiary alicyclic amines) is 1. The molecule has 0 aromatic carbocycles. The zero-order valence-electron chi connectivity index (χ0n) is 12.7. The van der Waals surface area contributed by atoms with Crippen molar-refractivity contribution >= 4 is 11.8 Å². The lowest BCUT2D eigenvalue weighted by Crippen LogP contribution is -2.38. The summed E-state index contributed by atoms with van der Waals surface area (Å²) in [5.41, 5.74) is 1.51. The Morgan fingerprint density at radius 3 is 2.67 bits per heavy atom. The second-order valence-electron chi connectivity index (χ2n) is 6.16. The number of hydrogen-bond acceptors (Lipinski definition) is 3. The monoisotopic (exact) mass is 290 g/mol. The van der Waals surface area contributed by atoms with Gasteiger partial charge in [0.05, 0.1) is 17.9 Å². The Kier molecular flexibility index (Phi) is 3.69. The molecule has 1 aromatic rings. The molecule has 114 valence electrons. The third kappa shape index (κ3) is 2.54. The first-order valence-electron chi connectivity index (χ1n) is 7.62. The van der Waals surface area contributed by atoms with Crippen LogP contribution in [0.1, 0.15) is 35.4 Å². The molecule has 2 amide bonds.